The monoisotopic (exact) mass is 357 g/mol. The topological polar surface area (TPSA) is 58.5 Å². The molecule has 0 spiro atoms. The lowest BCUT2D eigenvalue weighted by atomic mass is 9.75. The molecular weight excluding hydrogens is 335 g/mol. The molecule has 0 radical (unpaired) electrons. The summed E-state index contributed by atoms with van der Waals surface area (Å²) in [5.41, 5.74) is -0.306. The maximum absolute atomic E-state index is 13.5. The SMILES string of the molecule is OC[C@]12CCOC[C@H]1CN(c1nc3c(c(C(F)(F)F)n1)CCCC3)C2. The summed E-state index contributed by atoms with van der Waals surface area (Å²) in [5, 5.41) is 9.89. The van der Waals surface area contributed by atoms with Crippen molar-refractivity contribution in [2.75, 3.05) is 37.8 Å². The quantitative estimate of drug-likeness (QED) is 0.880. The van der Waals surface area contributed by atoms with Crippen molar-refractivity contribution in [1.82, 2.24) is 9.97 Å². The fourth-order valence-corrected chi connectivity index (χ4v) is 4.41. The van der Waals surface area contributed by atoms with E-state index in [1.165, 1.54) is 0 Å². The summed E-state index contributed by atoms with van der Waals surface area (Å²) in [7, 11) is 0. The zero-order valence-electron chi connectivity index (χ0n) is 14.0. The summed E-state index contributed by atoms with van der Waals surface area (Å²) in [4.78, 5) is 10.2. The Bertz CT molecular complexity index is 667. The number of hydrogen-bond acceptors (Lipinski definition) is 5. The van der Waals surface area contributed by atoms with Crippen molar-refractivity contribution < 1.29 is 23.0 Å². The molecule has 0 bridgehead atoms. The lowest BCUT2D eigenvalue weighted by molar-refractivity contribution is -0.142. The summed E-state index contributed by atoms with van der Waals surface area (Å²) in [6, 6.07) is 0. The summed E-state index contributed by atoms with van der Waals surface area (Å²) >= 11 is 0. The first-order valence-electron chi connectivity index (χ1n) is 8.83. The second kappa shape index (κ2) is 6.09. The van der Waals surface area contributed by atoms with Gasteiger partial charge in [-0.3, -0.25) is 0 Å². The third kappa shape index (κ3) is 2.89. The highest BCUT2D eigenvalue weighted by Gasteiger charge is 2.49. The van der Waals surface area contributed by atoms with E-state index >= 15 is 0 Å². The Hall–Kier alpha value is -1.41. The Balaban J connectivity index is 1.71. The number of alkyl halides is 3. The number of aliphatic hydroxyl groups excluding tert-OH is 1. The molecule has 8 heteroatoms. The minimum atomic E-state index is -4.47. The van der Waals surface area contributed by atoms with Crippen molar-refractivity contribution in [1.29, 1.82) is 0 Å². The molecule has 1 aromatic heterocycles. The first-order chi connectivity index (χ1) is 11.9. The Morgan fingerprint density at radius 3 is 2.76 bits per heavy atom. The third-order valence-corrected chi connectivity index (χ3v) is 5.91. The van der Waals surface area contributed by atoms with Gasteiger partial charge in [0.1, 0.15) is 0 Å². The molecule has 1 aromatic rings. The molecule has 0 unspecified atom stereocenters. The van der Waals surface area contributed by atoms with Crippen LogP contribution in [0.2, 0.25) is 0 Å². The summed E-state index contributed by atoms with van der Waals surface area (Å²) in [6.45, 7) is 2.11. The summed E-state index contributed by atoms with van der Waals surface area (Å²) in [6.07, 6.45) is -1.20. The van der Waals surface area contributed by atoms with Crippen molar-refractivity contribution in [3.8, 4) is 0 Å². The van der Waals surface area contributed by atoms with Gasteiger partial charge in [-0.1, -0.05) is 0 Å². The van der Waals surface area contributed by atoms with Crippen LogP contribution in [0, 0.1) is 11.3 Å². The summed E-state index contributed by atoms with van der Waals surface area (Å²) in [5.74, 6) is 0.246. The van der Waals surface area contributed by atoms with Crippen molar-refractivity contribution >= 4 is 5.95 Å². The number of anilines is 1. The van der Waals surface area contributed by atoms with Gasteiger partial charge in [-0.15, -0.1) is 0 Å². The molecule has 2 fully saturated rings. The van der Waals surface area contributed by atoms with Gasteiger partial charge in [0.05, 0.1) is 13.2 Å². The molecule has 0 aromatic carbocycles. The number of aromatic nitrogens is 2. The number of hydrogen-bond donors (Lipinski definition) is 1. The number of rotatable bonds is 2. The largest absolute Gasteiger partial charge is 0.433 e. The molecular formula is C17H22F3N3O2. The van der Waals surface area contributed by atoms with Gasteiger partial charge < -0.3 is 14.7 Å². The van der Waals surface area contributed by atoms with Gasteiger partial charge in [-0.05, 0) is 32.1 Å². The zero-order valence-corrected chi connectivity index (χ0v) is 14.0. The first kappa shape index (κ1) is 17.0. The van der Waals surface area contributed by atoms with Crippen LogP contribution in [0.4, 0.5) is 19.1 Å². The van der Waals surface area contributed by atoms with Gasteiger partial charge >= 0.3 is 6.18 Å². The van der Waals surface area contributed by atoms with Crippen molar-refractivity contribution in [3.63, 3.8) is 0 Å². The van der Waals surface area contributed by atoms with Crippen LogP contribution in [-0.2, 0) is 23.8 Å². The van der Waals surface area contributed by atoms with Gasteiger partial charge in [0.25, 0.3) is 0 Å². The smallest absolute Gasteiger partial charge is 0.396 e. The molecule has 3 heterocycles. The first-order valence-corrected chi connectivity index (χ1v) is 8.83. The Labute approximate surface area is 144 Å². The van der Waals surface area contributed by atoms with Crippen LogP contribution in [-0.4, -0.2) is 48.0 Å². The average molecular weight is 357 g/mol. The molecule has 0 amide bonds. The van der Waals surface area contributed by atoms with E-state index in [2.05, 4.69) is 9.97 Å². The molecule has 138 valence electrons. The molecule has 2 saturated heterocycles. The van der Waals surface area contributed by atoms with E-state index in [1.807, 2.05) is 0 Å². The normalized spacial score (nSPS) is 29.4. The van der Waals surface area contributed by atoms with Gasteiger partial charge in [-0.25, -0.2) is 9.97 Å². The molecule has 0 saturated carbocycles. The van der Waals surface area contributed by atoms with Crippen LogP contribution in [0.1, 0.15) is 36.2 Å². The minimum absolute atomic E-state index is 0.00853. The van der Waals surface area contributed by atoms with Crippen molar-refractivity contribution in [3.05, 3.63) is 17.0 Å². The van der Waals surface area contributed by atoms with Gasteiger partial charge in [-0.2, -0.15) is 13.2 Å². The highest BCUT2D eigenvalue weighted by Crippen LogP contribution is 2.43. The Morgan fingerprint density at radius 2 is 2.04 bits per heavy atom. The molecule has 3 aliphatic rings. The fraction of sp³-hybridized carbons (Fsp3) is 0.765. The van der Waals surface area contributed by atoms with Gasteiger partial charge in [0, 0.05) is 42.3 Å². The highest BCUT2D eigenvalue weighted by atomic mass is 19.4. The maximum Gasteiger partial charge on any atom is 0.433 e. The third-order valence-electron chi connectivity index (χ3n) is 5.91. The predicted molar refractivity (Wildman–Crippen MR) is 84.3 cm³/mol. The number of ether oxygens (including phenoxy) is 1. The van der Waals surface area contributed by atoms with Crippen molar-refractivity contribution in [2.45, 2.75) is 38.3 Å². The van der Waals surface area contributed by atoms with Gasteiger partial charge in [0.2, 0.25) is 5.95 Å². The number of fused-ring (bicyclic) bond motifs is 2. The number of nitrogens with zero attached hydrogens (tertiary/aromatic N) is 3. The van der Waals surface area contributed by atoms with E-state index in [0.29, 0.717) is 51.3 Å². The molecule has 1 aliphatic carbocycles. The molecule has 1 N–H and O–H groups in total. The second-order valence-electron chi connectivity index (χ2n) is 7.43. The van der Waals surface area contributed by atoms with Crippen LogP contribution in [0.15, 0.2) is 0 Å². The van der Waals surface area contributed by atoms with Crippen LogP contribution >= 0.6 is 0 Å². The lowest BCUT2D eigenvalue weighted by Gasteiger charge is -2.36. The van der Waals surface area contributed by atoms with E-state index < -0.39 is 11.9 Å². The number of aliphatic hydroxyl groups is 1. The molecule has 2 atom stereocenters. The molecule has 25 heavy (non-hydrogen) atoms. The fourth-order valence-electron chi connectivity index (χ4n) is 4.41. The lowest BCUT2D eigenvalue weighted by Crippen LogP contribution is -2.41. The van der Waals surface area contributed by atoms with Crippen LogP contribution in [0.5, 0.6) is 0 Å². The van der Waals surface area contributed by atoms with E-state index in [0.717, 1.165) is 12.8 Å². The molecule has 4 rings (SSSR count). The average Bonchev–Trinajstić information content (AvgIpc) is 3.00. The van der Waals surface area contributed by atoms with Crippen LogP contribution in [0.3, 0.4) is 0 Å². The maximum atomic E-state index is 13.5. The Kier molecular flexibility index (Phi) is 4.15. The minimum Gasteiger partial charge on any atom is -0.396 e. The molecule has 2 aliphatic heterocycles. The van der Waals surface area contributed by atoms with E-state index in [-0.39, 0.29) is 29.5 Å². The van der Waals surface area contributed by atoms with E-state index in [1.54, 1.807) is 4.90 Å². The standard InChI is InChI=1S/C17H22F3N3O2/c18-17(19,20)14-12-3-1-2-4-13(12)21-15(22-14)23-7-11-8-25-6-5-16(11,9-23)10-24/h11,24H,1-10H2/t11-,16-/m1/s1. The van der Waals surface area contributed by atoms with Crippen LogP contribution in [0.25, 0.3) is 0 Å². The van der Waals surface area contributed by atoms with Gasteiger partial charge in [0.15, 0.2) is 5.69 Å². The number of aryl methyl sites for hydroxylation is 1. The van der Waals surface area contributed by atoms with E-state index in [9.17, 15) is 18.3 Å². The summed E-state index contributed by atoms with van der Waals surface area (Å²) < 4.78 is 46.0. The number of halogens is 3. The molecule has 5 nitrogen and oxygen atoms in total. The van der Waals surface area contributed by atoms with Crippen molar-refractivity contribution in [2.24, 2.45) is 11.3 Å². The van der Waals surface area contributed by atoms with Crippen LogP contribution < -0.4 is 4.90 Å². The van der Waals surface area contributed by atoms with E-state index in [4.69, 9.17) is 4.74 Å². The highest BCUT2D eigenvalue weighted by molar-refractivity contribution is 5.41. The zero-order chi connectivity index (χ0) is 17.7. The predicted octanol–water partition coefficient (Wildman–Crippen LogP) is 2.21. The second-order valence-corrected chi connectivity index (χ2v) is 7.43. The Morgan fingerprint density at radius 1 is 1.24 bits per heavy atom.